The summed E-state index contributed by atoms with van der Waals surface area (Å²) in [5.74, 6) is 1.16. The van der Waals surface area contributed by atoms with Gasteiger partial charge in [-0.3, -0.25) is 9.59 Å². The van der Waals surface area contributed by atoms with Crippen molar-refractivity contribution in [2.75, 3.05) is 7.11 Å². The number of nitrogens with zero attached hydrogens (tertiary/aromatic N) is 1. The molecule has 0 unspecified atom stereocenters. The fourth-order valence-electron chi connectivity index (χ4n) is 4.39. The van der Waals surface area contributed by atoms with E-state index in [1.54, 1.807) is 37.4 Å². The quantitative estimate of drug-likeness (QED) is 0.392. The number of methoxy groups -OCH3 is 1. The van der Waals surface area contributed by atoms with Gasteiger partial charge >= 0.3 is 0 Å². The van der Waals surface area contributed by atoms with Gasteiger partial charge in [-0.25, -0.2) is 4.98 Å². The third kappa shape index (κ3) is 2.97. The Balaban J connectivity index is 1.41. The highest BCUT2D eigenvalue weighted by Crippen LogP contribution is 2.33. The van der Waals surface area contributed by atoms with E-state index in [4.69, 9.17) is 9.72 Å². The highest BCUT2D eigenvalue weighted by Gasteiger charge is 2.32. The molecule has 0 radical (unpaired) electrons. The zero-order chi connectivity index (χ0) is 22.5. The van der Waals surface area contributed by atoms with Gasteiger partial charge in [0.25, 0.3) is 0 Å². The first kappa shape index (κ1) is 19.2. The molecule has 5 aromatic rings. The number of hydrogen-bond donors (Lipinski definition) is 1. The lowest BCUT2D eigenvalue weighted by atomic mass is 9.83. The van der Waals surface area contributed by atoms with Gasteiger partial charge in [-0.05, 0) is 35.4 Å². The minimum Gasteiger partial charge on any atom is -0.497 e. The molecule has 0 bridgehead atoms. The van der Waals surface area contributed by atoms with E-state index in [0.717, 1.165) is 28.0 Å². The van der Waals surface area contributed by atoms with Crippen LogP contribution in [0.25, 0.3) is 33.5 Å². The Hall–Kier alpha value is -4.51. The topological polar surface area (TPSA) is 72.0 Å². The Kier molecular flexibility index (Phi) is 4.23. The SMILES string of the molecule is COc1ccc(-c2ccc(-c3nc4c5c(ccc4[nH]3)C(=O)c3ccccc3C5=O)cc2)cc1. The molecule has 0 saturated carbocycles. The van der Waals surface area contributed by atoms with Crippen molar-refractivity contribution in [3.63, 3.8) is 0 Å². The number of rotatable bonds is 3. The second-order valence-electron chi connectivity index (χ2n) is 7.98. The molecule has 1 N–H and O–H groups in total. The molecule has 6 rings (SSSR count). The van der Waals surface area contributed by atoms with Crippen LogP contribution in [0.1, 0.15) is 31.8 Å². The Bertz CT molecular complexity index is 1560. The third-order valence-electron chi connectivity index (χ3n) is 6.12. The molecule has 0 amide bonds. The van der Waals surface area contributed by atoms with Gasteiger partial charge < -0.3 is 9.72 Å². The molecular formula is C28H18N2O3. The molecule has 0 fully saturated rings. The predicted molar refractivity (Wildman–Crippen MR) is 127 cm³/mol. The predicted octanol–water partition coefficient (Wildman–Crippen LogP) is 5.68. The van der Waals surface area contributed by atoms with Crippen molar-refractivity contribution in [2.45, 2.75) is 0 Å². The molecule has 33 heavy (non-hydrogen) atoms. The van der Waals surface area contributed by atoms with Crippen LogP contribution in [0.2, 0.25) is 0 Å². The summed E-state index contributed by atoms with van der Waals surface area (Å²) in [7, 11) is 1.65. The van der Waals surface area contributed by atoms with Gasteiger partial charge in [-0.1, -0.05) is 60.7 Å². The summed E-state index contributed by atoms with van der Waals surface area (Å²) in [5.41, 5.74) is 5.95. The lowest BCUT2D eigenvalue weighted by Crippen LogP contribution is -2.21. The first-order valence-corrected chi connectivity index (χ1v) is 10.6. The van der Waals surface area contributed by atoms with Crippen LogP contribution in [-0.4, -0.2) is 28.6 Å². The van der Waals surface area contributed by atoms with Crippen LogP contribution in [0, 0.1) is 0 Å². The van der Waals surface area contributed by atoms with E-state index in [9.17, 15) is 9.59 Å². The van der Waals surface area contributed by atoms with Gasteiger partial charge in [-0.15, -0.1) is 0 Å². The van der Waals surface area contributed by atoms with Crippen LogP contribution >= 0.6 is 0 Å². The number of aromatic amines is 1. The Morgan fingerprint density at radius 3 is 1.94 bits per heavy atom. The number of fused-ring (bicyclic) bond motifs is 4. The molecule has 1 heterocycles. The average molecular weight is 430 g/mol. The van der Waals surface area contributed by atoms with Gasteiger partial charge in [-0.2, -0.15) is 0 Å². The van der Waals surface area contributed by atoms with Gasteiger partial charge in [0.1, 0.15) is 17.1 Å². The Morgan fingerprint density at radius 2 is 1.27 bits per heavy atom. The van der Waals surface area contributed by atoms with E-state index >= 15 is 0 Å². The molecule has 0 aliphatic heterocycles. The molecule has 1 aliphatic carbocycles. The fourth-order valence-corrected chi connectivity index (χ4v) is 4.39. The van der Waals surface area contributed by atoms with Crippen LogP contribution in [0.15, 0.2) is 84.9 Å². The van der Waals surface area contributed by atoms with Crippen molar-refractivity contribution in [2.24, 2.45) is 0 Å². The summed E-state index contributed by atoms with van der Waals surface area (Å²) in [6.45, 7) is 0. The zero-order valence-electron chi connectivity index (χ0n) is 17.8. The molecule has 0 atom stereocenters. The second kappa shape index (κ2) is 7.28. The van der Waals surface area contributed by atoms with Crippen molar-refractivity contribution in [3.05, 3.63) is 107 Å². The lowest BCUT2D eigenvalue weighted by molar-refractivity contribution is 0.0980. The summed E-state index contributed by atoms with van der Waals surface area (Å²) in [4.78, 5) is 34.3. The minimum absolute atomic E-state index is 0.143. The molecule has 0 saturated heterocycles. The van der Waals surface area contributed by atoms with Gasteiger partial charge in [0.2, 0.25) is 0 Å². The number of ether oxygens (including phenoxy) is 1. The molecule has 1 aromatic heterocycles. The molecular weight excluding hydrogens is 412 g/mol. The summed E-state index contributed by atoms with van der Waals surface area (Å²) in [6, 6.07) is 26.4. The number of ketones is 2. The molecule has 158 valence electrons. The molecule has 0 spiro atoms. The first-order valence-electron chi connectivity index (χ1n) is 10.6. The van der Waals surface area contributed by atoms with Crippen LogP contribution in [0.3, 0.4) is 0 Å². The molecule has 1 aliphatic rings. The van der Waals surface area contributed by atoms with E-state index in [0.29, 0.717) is 33.6 Å². The largest absolute Gasteiger partial charge is 0.497 e. The summed E-state index contributed by atoms with van der Waals surface area (Å²) < 4.78 is 5.23. The van der Waals surface area contributed by atoms with E-state index < -0.39 is 0 Å². The number of hydrogen-bond acceptors (Lipinski definition) is 4. The van der Waals surface area contributed by atoms with Crippen molar-refractivity contribution in [1.82, 2.24) is 9.97 Å². The number of benzene rings is 4. The van der Waals surface area contributed by atoms with E-state index in [1.165, 1.54) is 0 Å². The number of aromatic nitrogens is 2. The maximum absolute atomic E-state index is 13.2. The standard InChI is InChI=1S/C28H18N2O3/c1-33-19-12-10-17(11-13-19)16-6-8-18(9-7-16)28-29-23-15-14-22-24(25(23)30-28)27(32)21-5-3-2-4-20(21)26(22)31/h2-15H,1H3,(H,29,30). The average Bonchev–Trinajstić information content (AvgIpc) is 3.31. The lowest BCUT2D eigenvalue weighted by Gasteiger charge is -2.17. The second-order valence-corrected chi connectivity index (χ2v) is 7.98. The van der Waals surface area contributed by atoms with Crippen molar-refractivity contribution in [3.8, 4) is 28.3 Å². The van der Waals surface area contributed by atoms with Crippen LogP contribution in [-0.2, 0) is 0 Å². The third-order valence-corrected chi connectivity index (χ3v) is 6.12. The maximum atomic E-state index is 13.2. The van der Waals surface area contributed by atoms with Gasteiger partial charge in [0, 0.05) is 22.3 Å². The van der Waals surface area contributed by atoms with Crippen LogP contribution in [0.4, 0.5) is 0 Å². The Labute approximate surface area is 189 Å². The van der Waals surface area contributed by atoms with E-state index in [-0.39, 0.29) is 11.6 Å². The van der Waals surface area contributed by atoms with E-state index in [2.05, 4.69) is 4.98 Å². The smallest absolute Gasteiger partial charge is 0.196 e. The highest BCUT2D eigenvalue weighted by molar-refractivity contribution is 6.31. The van der Waals surface area contributed by atoms with Crippen LogP contribution in [0.5, 0.6) is 5.75 Å². The number of carbonyl (C=O) groups excluding carboxylic acids is 2. The fraction of sp³-hybridized carbons (Fsp3) is 0.0357. The summed E-state index contributed by atoms with van der Waals surface area (Å²) in [5, 5.41) is 0. The highest BCUT2D eigenvalue weighted by atomic mass is 16.5. The maximum Gasteiger partial charge on any atom is 0.196 e. The number of imidazole rings is 1. The van der Waals surface area contributed by atoms with Gasteiger partial charge in [0.15, 0.2) is 11.6 Å². The molecule has 4 aromatic carbocycles. The number of nitrogens with one attached hydrogen (secondary N) is 1. The number of H-pyrrole nitrogens is 1. The molecule has 5 nitrogen and oxygen atoms in total. The van der Waals surface area contributed by atoms with Gasteiger partial charge in [0.05, 0.1) is 18.2 Å². The van der Waals surface area contributed by atoms with Crippen molar-refractivity contribution in [1.29, 1.82) is 0 Å². The van der Waals surface area contributed by atoms with E-state index in [1.807, 2.05) is 54.6 Å². The first-order chi connectivity index (χ1) is 16.1. The molecule has 5 heteroatoms. The summed E-state index contributed by atoms with van der Waals surface area (Å²) >= 11 is 0. The van der Waals surface area contributed by atoms with Crippen LogP contribution < -0.4 is 4.74 Å². The van der Waals surface area contributed by atoms with Crippen molar-refractivity contribution >= 4 is 22.6 Å². The number of carbonyl (C=O) groups is 2. The normalized spacial score (nSPS) is 12.5. The monoisotopic (exact) mass is 430 g/mol. The minimum atomic E-state index is -0.168. The van der Waals surface area contributed by atoms with Crippen molar-refractivity contribution < 1.29 is 14.3 Å². The zero-order valence-corrected chi connectivity index (χ0v) is 17.8. The summed E-state index contributed by atoms with van der Waals surface area (Å²) in [6.07, 6.45) is 0. The Morgan fingerprint density at radius 1 is 0.667 bits per heavy atom.